The number of hydrogen-bond donors (Lipinski definition) is 1. The Morgan fingerprint density at radius 1 is 1.35 bits per heavy atom. The highest BCUT2D eigenvalue weighted by Crippen LogP contribution is 2.27. The van der Waals surface area contributed by atoms with E-state index in [1.807, 2.05) is 12.1 Å². The van der Waals surface area contributed by atoms with E-state index in [0.29, 0.717) is 16.0 Å². The van der Waals surface area contributed by atoms with Gasteiger partial charge >= 0.3 is 0 Å². The molecule has 1 saturated heterocycles. The van der Waals surface area contributed by atoms with Crippen LogP contribution in [-0.2, 0) is 6.54 Å². The predicted octanol–water partition coefficient (Wildman–Crippen LogP) is 3.20. The zero-order valence-corrected chi connectivity index (χ0v) is 11.2. The Bertz CT molecular complexity index is 384. The number of benzene rings is 1. The molecule has 1 heterocycles. The number of rotatable bonds is 3. The lowest BCUT2D eigenvalue weighted by atomic mass is 9.98. The van der Waals surface area contributed by atoms with Crippen LogP contribution >= 0.6 is 23.2 Å². The maximum atomic E-state index is 9.20. The lowest BCUT2D eigenvalue weighted by Gasteiger charge is -2.32. The molecular formula is C13H17Cl2NO. The Labute approximate surface area is 112 Å². The molecule has 94 valence electrons. The Hall–Kier alpha value is -0.280. The third-order valence-electron chi connectivity index (χ3n) is 3.29. The molecule has 0 amide bonds. The van der Waals surface area contributed by atoms with Crippen LogP contribution in [0, 0.1) is 5.92 Å². The van der Waals surface area contributed by atoms with Crippen LogP contribution in [0.5, 0.6) is 0 Å². The second-order valence-electron chi connectivity index (χ2n) is 4.64. The van der Waals surface area contributed by atoms with E-state index in [1.54, 1.807) is 6.07 Å². The minimum Gasteiger partial charge on any atom is -0.396 e. The summed E-state index contributed by atoms with van der Waals surface area (Å²) in [5.41, 5.74) is 1.07. The maximum Gasteiger partial charge on any atom is 0.0637 e. The second kappa shape index (κ2) is 6.05. The highest BCUT2D eigenvalue weighted by atomic mass is 35.5. The lowest BCUT2D eigenvalue weighted by molar-refractivity contribution is 0.116. The van der Waals surface area contributed by atoms with Crippen LogP contribution in [0.4, 0.5) is 0 Å². The highest BCUT2D eigenvalue weighted by molar-refractivity contribution is 6.42. The Morgan fingerprint density at radius 3 is 2.94 bits per heavy atom. The quantitative estimate of drug-likeness (QED) is 0.915. The largest absolute Gasteiger partial charge is 0.396 e. The normalized spacial score (nSPS) is 21.7. The zero-order valence-electron chi connectivity index (χ0n) is 9.70. The maximum absolute atomic E-state index is 9.20. The topological polar surface area (TPSA) is 23.5 Å². The number of nitrogens with zero attached hydrogens (tertiary/aromatic N) is 1. The van der Waals surface area contributed by atoms with Crippen LogP contribution in [-0.4, -0.2) is 29.7 Å². The van der Waals surface area contributed by atoms with Crippen molar-refractivity contribution in [3.63, 3.8) is 0 Å². The van der Waals surface area contributed by atoms with Gasteiger partial charge in [-0.3, -0.25) is 4.90 Å². The Morgan fingerprint density at radius 2 is 2.18 bits per heavy atom. The van der Waals surface area contributed by atoms with Crippen molar-refractivity contribution in [2.45, 2.75) is 19.4 Å². The molecule has 17 heavy (non-hydrogen) atoms. The van der Waals surface area contributed by atoms with Gasteiger partial charge in [-0.1, -0.05) is 35.3 Å². The van der Waals surface area contributed by atoms with Crippen molar-refractivity contribution < 1.29 is 5.11 Å². The fraction of sp³-hybridized carbons (Fsp3) is 0.538. The Kier molecular flexibility index (Phi) is 4.69. The Balaban J connectivity index is 2.02. The molecule has 1 atom stereocenters. The van der Waals surface area contributed by atoms with Crippen LogP contribution < -0.4 is 0 Å². The van der Waals surface area contributed by atoms with Crippen LogP contribution in [0.1, 0.15) is 18.4 Å². The molecule has 0 spiro atoms. The fourth-order valence-electron chi connectivity index (χ4n) is 2.36. The van der Waals surface area contributed by atoms with Gasteiger partial charge in [0.1, 0.15) is 0 Å². The van der Waals surface area contributed by atoms with Gasteiger partial charge in [-0.15, -0.1) is 0 Å². The van der Waals surface area contributed by atoms with E-state index in [4.69, 9.17) is 23.2 Å². The van der Waals surface area contributed by atoms with Gasteiger partial charge in [-0.25, -0.2) is 0 Å². The summed E-state index contributed by atoms with van der Waals surface area (Å²) in [5.74, 6) is 0.404. The number of aliphatic hydroxyl groups is 1. The van der Waals surface area contributed by atoms with Crippen LogP contribution in [0.2, 0.25) is 10.0 Å². The molecular weight excluding hydrogens is 257 g/mol. The molecule has 0 saturated carbocycles. The van der Waals surface area contributed by atoms with E-state index in [0.717, 1.165) is 38.0 Å². The average molecular weight is 274 g/mol. The molecule has 1 aromatic carbocycles. The van der Waals surface area contributed by atoms with Crippen molar-refractivity contribution in [3.8, 4) is 0 Å². The van der Waals surface area contributed by atoms with E-state index < -0.39 is 0 Å². The number of hydrogen-bond acceptors (Lipinski definition) is 2. The predicted molar refractivity (Wildman–Crippen MR) is 71.5 cm³/mol. The highest BCUT2D eigenvalue weighted by Gasteiger charge is 2.20. The molecule has 1 unspecified atom stereocenters. The van der Waals surface area contributed by atoms with E-state index in [1.165, 1.54) is 0 Å². The number of aliphatic hydroxyl groups excluding tert-OH is 1. The fourth-order valence-corrected chi connectivity index (χ4v) is 2.74. The van der Waals surface area contributed by atoms with E-state index in [-0.39, 0.29) is 6.61 Å². The van der Waals surface area contributed by atoms with Gasteiger partial charge in [-0.2, -0.15) is 0 Å². The molecule has 1 aliphatic rings. The summed E-state index contributed by atoms with van der Waals surface area (Å²) in [6.07, 6.45) is 2.26. The van der Waals surface area contributed by atoms with Crippen LogP contribution in [0.15, 0.2) is 18.2 Å². The van der Waals surface area contributed by atoms with Crippen molar-refractivity contribution in [2.75, 3.05) is 19.7 Å². The smallest absolute Gasteiger partial charge is 0.0637 e. The molecule has 1 aliphatic heterocycles. The molecule has 0 aromatic heterocycles. The molecule has 2 rings (SSSR count). The summed E-state index contributed by atoms with van der Waals surface area (Å²) in [5, 5.41) is 10.5. The summed E-state index contributed by atoms with van der Waals surface area (Å²) < 4.78 is 0. The third kappa shape index (κ3) is 3.35. The summed E-state index contributed by atoms with van der Waals surface area (Å²) in [7, 11) is 0. The molecule has 2 nitrogen and oxygen atoms in total. The van der Waals surface area contributed by atoms with Crippen molar-refractivity contribution in [1.29, 1.82) is 0 Å². The van der Waals surface area contributed by atoms with E-state index in [9.17, 15) is 5.11 Å². The van der Waals surface area contributed by atoms with E-state index >= 15 is 0 Å². The first kappa shape index (κ1) is 13.2. The van der Waals surface area contributed by atoms with Crippen molar-refractivity contribution >= 4 is 23.2 Å². The van der Waals surface area contributed by atoms with Gasteiger partial charge in [0.05, 0.1) is 10.0 Å². The zero-order chi connectivity index (χ0) is 12.3. The van der Waals surface area contributed by atoms with Crippen molar-refractivity contribution in [1.82, 2.24) is 4.90 Å². The lowest BCUT2D eigenvalue weighted by Crippen LogP contribution is -2.36. The van der Waals surface area contributed by atoms with Crippen LogP contribution in [0.3, 0.4) is 0 Å². The third-order valence-corrected chi connectivity index (χ3v) is 4.14. The molecule has 0 bridgehead atoms. The first-order valence-corrected chi connectivity index (χ1v) is 6.72. The SMILES string of the molecule is OCC1CCCN(Cc2cccc(Cl)c2Cl)C1. The van der Waals surface area contributed by atoms with Crippen molar-refractivity contribution in [2.24, 2.45) is 5.92 Å². The first-order chi connectivity index (χ1) is 8.20. The first-order valence-electron chi connectivity index (χ1n) is 5.97. The summed E-state index contributed by atoms with van der Waals surface area (Å²) >= 11 is 12.2. The second-order valence-corrected chi connectivity index (χ2v) is 5.42. The standard InChI is InChI=1S/C13H17Cl2NO/c14-12-5-1-4-11(13(12)15)8-16-6-2-3-10(7-16)9-17/h1,4-5,10,17H,2-3,6-9H2. The van der Waals surface area contributed by atoms with Gasteiger partial charge < -0.3 is 5.11 Å². The minimum atomic E-state index is 0.278. The van der Waals surface area contributed by atoms with Gasteiger partial charge in [-0.05, 0) is 36.9 Å². The average Bonchev–Trinajstić information content (AvgIpc) is 2.35. The number of halogens is 2. The van der Waals surface area contributed by atoms with Gasteiger partial charge in [0.25, 0.3) is 0 Å². The van der Waals surface area contributed by atoms with Gasteiger partial charge in [0.15, 0.2) is 0 Å². The molecule has 1 aromatic rings. The molecule has 1 fully saturated rings. The molecule has 0 aliphatic carbocycles. The van der Waals surface area contributed by atoms with Crippen molar-refractivity contribution in [3.05, 3.63) is 33.8 Å². The number of likely N-dealkylation sites (tertiary alicyclic amines) is 1. The monoisotopic (exact) mass is 273 g/mol. The summed E-state index contributed by atoms with van der Waals surface area (Å²) in [4.78, 5) is 2.34. The van der Waals surface area contributed by atoms with E-state index in [2.05, 4.69) is 4.90 Å². The summed E-state index contributed by atoms with van der Waals surface area (Å²) in [6.45, 7) is 3.11. The summed E-state index contributed by atoms with van der Waals surface area (Å²) in [6, 6.07) is 5.74. The molecule has 0 radical (unpaired) electrons. The van der Waals surface area contributed by atoms with Crippen LogP contribution in [0.25, 0.3) is 0 Å². The molecule has 1 N–H and O–H groups in total. The van der Waals surface area contributed by atoms with Gasteiger partial charge in [0.2, 0.25) is 0 Å². The van der Waals surface area contributed by atoms with Gasteiger partial charge in [0, 0.05) is 19.7 Å². The minimum absolute atomic E-state index is 0.278. The number of piperidine rings is 1. The molecule has 4 heteroatoms.